The minimum absolute atomic E-state index is 0.00254. The smallest absolute Gasteiger partial charge is 0.418 e. The lowest BCUT2D eigenvalue weighted by Gasteiger charge is -2.15. The van der Waals surface area contributed by atoms with Crippen LogP contribution in [0.5, 0.6) is 0 Å². The monoisotopic (exact) mass is 337 g/mol. The van der Waals surface area contributed by atoms with Crippen LogP contribution in [0.3, 0.4) is 0 Å². The first kappa shape index (κ1) is 16.3. The molecule has 1 unspecified atom stereocenters. The van der Waals surface area contributed by atoms with Gasteiger partial charge >= 0.3 is 12.4 Å². The maximum atomic E-state index is 12.1. The van der Waals surface area contributed by atoms with Crippen molar-refractivity contribution in [1.29, 1.82) is 0 Å². The van der Waals surface area contributed by atoms with Crippen molar-refractivity contribution in [2.45, 2.75) is 12.7 Å². The summed E-state index contributed by atoms with van der Waals surface area (Å²) in [6.45, 7) is 1.25. The summed E-state index contributed by atoms with van der Waals surface area (Å²) in [6, 6.07) is 13.4. The van der Waals surface area contributed by atoms with Gasteiger partial charge in [-0.05, 0) is 23.8 Å². The van der Waals surface area contributed by atoms with Crippen LogP contribution in [-0.4, -0.2) is 12.4 Å². The molecule has 22 heavy (non-hydrogen) atoms. The number of ether oxygens (including phenoxy) is 2. The first-order valence-electron chi connectivity index (χ1n) is 6.30. The zero-order valence-electron chi connectivity index (χ0n) is 11.3. The normalized spacial score (nSPS) is 11.5. The van der Waals surface area contributed by atoms with Crippen LogP contribution >= 0.6 is 23.2 Å². The van der Waals surface area contributed by atoms with Crippen LogP contribution in [0.25, 0.3) is 0 Å². The van der Waals surface area contributed by atoms with E-state index in [1.807, 2.05) is 0 Å². The molecule has 2 aromatic carbocycles. The molecule has 2 aromatic rings. The first-order valence-corrected chi connectivity index (χ1v) is 7.05. The zero-order valence-corrected chi connectivity index (χ0v) is 12.8. The average Bonchev–Trinajstić information content (AvgIpc) is 2.51. The highest BCUT2D eigenvalue weighted by Gasteiger charge is 2.26. The first-order chi connectivity index (χ1) is 10.6. The zero-order chi connectivity index (χ0) is 15.9. The molecule has 0 N–H and O–H groups in total. The predicted octanol–water partition coefficient (Wildman–Crippen LogP) is 3.86. The highest BCUT2D eigenvalue weighted by atomic mass is 35.5. The van der Waals surface area contributed by atoms with Gasteiger partial charge < -0.3 is 9.47 Å². The molecule has 1 radical (unpaired) electrons. The predicted molar refractivity (Wildman–Crippen MR) is 82.2 cm³/mol. The molecule has 1 atom stereocenters. The fraction of sp³-hybridized carbons (Fsp3) is 0.125. The van der Waals surface area contributed by atoms with Crippen molar-refractivity contribution in [2.75, 3.05) is 0 Å². The Morgan fingerprint density at radius 2 is 1.91 bits per heavy atom. The second kappa shape index (κ2) is 7.82. The van der Waals surface area contributed by atoms with Crippen molar-refractivity contribution in [3.63, 3.8) is 0 Å². The summed E-state index contributed by atoms with van der Waals surface area (Å²) in [4.78, 5) is 22.6. The summed E-state index contributed by atoms with van der Waals surface area (Å²) in [7, 11) is 0. The second-order valence-corrected chi connectivity index (χ2v) is 5.18. The Bertz CT molecular complexity index is 673. The van der Waals surface area contributed by atoms with E-state index >= 15 is 0 Å². The van der Waals surface area contributed by atoms with E-state index in [9.17, 15) is 9.59 Å². The summed E-state index contributed by atoms with van der Waals surface area (Å²) in [5.41, 5.74) is 1.05. The number of halogens is 2. The number of rotatable bonds is 6. The van der Waals surface area contributed by atoms with E-state index in [-0.39, 0.29) is 6.61 Å². The van der Waals surface area contributed by atoms with E-state index in [2.05, 4.69) is 0 Å². The largest absolute Gasteiger partial charge is 0.458 e. The molecule has 0 aliphatic carbocycles. The third kappa shape index (κ3) is 4.23. The van der Waals surface area contributed by atoms with Crippen molar-refractivity contribution in [3.8, 4) is 0 Å². The minimum Gasteiger partial charge on any atom is -0.458 e. The Balaban J connectivity index is 2.10. The van der Waals surface area contributed by atoms with Crippen LogP contribution in [0.1, 0.15) is 17.2 Å². The summed E-state index contributed by atoms with van der Waals surface area (Å²) < 4.78 is 9.84. The molecule has 0 aromatic heterocycles. The quantitative estimate of drug-likeness (QED) is 0.751. The van der Waals surface area contributed by atoms with Crippen molar-refractivity contribution in [3.05, 3.63) is 69.7 Å². The van der Waals surface area contributed by atoms with Crippen LogP contribution in [0.4, 0.5) is 0 Å². The van der Waals surface area contributed by atoms with E-state index in [0.29, 0.717) is 21.2 Å². The lowest BCUT2D eigenvalue weighted by atomic mass is 10.1. The number of hydrogen-bond donors (Lipinski definition) is 0. The van der Waals surface area contributed by atoms with E-state index in [0.717, 1.165) is 0 Å². The molecule has 0 saturated carbocycles. The summed E-state index contributed by atoms with van der Waals surface area (Å²) >= 11 is 11.9. The Morgan fingerprint density at radius 1 is 1.14 bits per heavy atom. The van der Waals surface area contributed by atoms with Crippen LogP contribution in [0, 0.1) is 0 Å². The van der Waals surface area contributed by atoms with Gasteiger partial charge in [-0.3, -0.25) is 0 Å². The molecule has 4 nitrogen and oxygen atoms in total. The van der Waals surface area contributed by atoms with Gasteiger partial charge in [0.15, 0.2) is 0 Å². The maximum absolute atomic E-state index is 12.1. The Morgan fingerprint density at radius 3 is 2.59 bits per heavy atom. The fourth-order valence-corrected chi connectivity index (χ4v) is 2.28. The van der Waals surface area contributed by atoms with E-state index in [1.54, 1.807) is 48.5 Å². The number of esters is 1. The molecule has 6 heteroatoms. The van der Waals surface area contributed by atoms with Gasteiger partial charge in [-0.1, -0.05) is 53.5 Å². The third-order valence-corrected chi connectivity index (χ3v) is 3.42. The van der Waals surface area contributed by atoms with Gasteiger partial charge in [-0.15, -0.1) is 0 Å². The highest BCUT2D eigenvalue weighted by molar-refractivity contribution is 6.31. The van der Waals surface area contributed by atoms with Gasteiger partial charge in [0.1, 0.15) is 6.61 Å². The number of carbonyl (C=O) groups is 1. The number of hydrogen-bond acceptors (Lipinski definition) is 4. The molecule has 0 fully saturated rings. The van der Waals surface area contributed by atoms with Crippen LogP contribution < -0.4 is 0 Å². The molecule has 0 spiro atoms. The van der Waals surface area contributed by atoms with Gasteiger partial charge in [-0.2, -0.15) is 0 Å². The SMILES string of the molecule is O=[C]OC(C(=O)OCc1cccc(Cl)c1)c1ccccc1Cl. The van der Waals surface area contributed by atoms with E-state index in [1.165, 1.54) is 6.47 Å². The summed E-state index contributed by atoms with van der Waals surface area (Å²) in [5, 5.41) is 0.830. The molecule has 0 heterocycles. The van der Waals surface area contributed by atoms with Gasteiger partial charge in [0.25, 0.3) is 0 Å². The molecular weight excluding hydrogens is 327 g/mol. The van der Waals surface area contributed by atoms with Crippen molar-refractivity contribution >= 4 is 35.6 Å². The van der Waals surface area contributed by atoms with Gasteiger partial charge in [-0.25, -0.2) is 9.59 Å². The minimum atomic E-state index is -1.26. The molecule has 0 aliphatic heterocycles. The molecular formula is C16H11Cl2O4. The van der Waals surface area contributed by atoms with Crippen molar-refractivity contribution in [2.24, 2.45) is 0 Å². The molecule has 113 valence electrons. The Hall–Kier alpha value is -2.04. The van der Waals surface area contributed by atoms with E-state index in [4.69, 9.17) is 32.7 Å². The van der Waals surface area contributed by atoms with Crippen LogP contribution in [0.2, 0.25) is 10.0 Å². The maximum Gasteiger partial charge on any atom is 0.418 e. The molecule has 0 aliphatic rings. The summed E-state index contributed by atoms with van der Waals surface area (Å²) in [6.07, 6.45) is -1.26. The van der Waals surface area contributed by atoms with Crippen molar-refractivity contribution < 1.29 is 19.1 Å². The lowest BCUT2D eigenvalue weighted by molar-refractivity contribution is -0.154. The fourth-order valence-electron chi connectivity index (χ4n) is 1.83. The van der Waals surface area contributed by atoms with Gasteiger partial charge in [0.2, 0.25) is 6.10 Å². The van der Waals surface area contributed by atoms with Crippen molar-refractivity contribution in [1.82, 2.24) is 0 Å². The van der Waals surface area contributed by atoms with Crippen LogP contribution in [-0.2, 0) is 25.7 Å². The van der Waals surface area contributed by atoms with E-state index < -0.39 is 12.1 Å². The molecule has 0 bridgehead atoms. The Kier molecular flexibility index (Phi) is 5.81. The standard InChI is InChI=1S/C16H11Cl2O4/c17-12-5-3-4-11(8-12)9-21-16(20)15(22-10-19)13-6-1-2-7-14(13)18/h1-8,15H,9H2. The summed E-state index contributed by atoms with van der Waals surface area (Å²) in [5.74, 6) is -0.739. The molecule has 2 rings (SSSR count). The molecule has 0 amide bonds. The average molecular weight is 338 g/mol. The molecule has 0 saturated heterocycles. The Labute approximate surface area is 137 Å². The van der Waals surface area contributed by atoms with Crippen LogP contribution in [0.15, 0.2) is 48.5 Å². The third-order valence-electron chi connectivity index (χ3n) is 2.84. The topological polar surface area (TPSA) is 52.6 Å². The number of carbonyl (C=O) groups excluding carboxylic acids is 2. The van der Waals surface area contributed by atoms with Gasteiger partial charge in [0.05, 0.1) is 0 Å². The lowest BCUT2D eigenvalue weighted by Crippen LogP contribution is -2.19. The highest BCUT2D eigenvalue weighted by Crippen LogP contribution is 2.26. The number of benzene rings is 2. The van der Waals surface area contributed by atoms with Gasteiger partial charge in [0, 0.05) is 15.6 Å². The second-order valence-electron chi connectivity index (χ2n) is 4.34.